The lowest BCUT2D eigenvalue weighted by Gasteiger charge is -2.30. The average molecular weight is 557 g/mol. The van der Waals surface area contributed by atoms with E-state index in [9.17, 15) is 4.79 Å². The zero-order valence-electron chi connectivity index (χ0n) is 20.2. The van der Waals surface area contributed by atoms with Gasteiger partial charge in [0.05, 0.1) is 12.2 Å². The third-order valence-corrected chi connectivity index (χ3v) is 7.10. The number of hydrogen-bond acceptors (Lipinski definition) is 6. The Morgan fingerprint density at radius 1 is 1.20 bits per heavy atom. The van der Waals surface area contributed by atoms with E-state index in [1.54, 1.807) is 16.4 Å². The van der Waals surface area contributed by atoms with Gasteiger partial charge in [-0.25, -0.2) is 4.68 Å². The van der Waals surface area contributed by atoms with E-state index in [-0.39, 0.29) is 5.91 Å². The molecule has 1 aliphatic heterocycles. The van der Waals surface area contributed by atoms with E-state index in [0.717, 1.165) is 52.2 Å². The molecule has 1 unspecified atom stereocenters. The molecule has 184 valence electrons. The number of thioether (sulfide) groups is 1. The van der Waals surface area contributed by atoms with Crippen LogP contribution in [0, 0.1) is 0 Å². The summed E-state index contributed by atoms with van der Waals surface area (Å²) in [5.41, 5.74) is 2.88. The Morgan fingerprint density at radius 3 is 2.74 bits per heavy atom. The molecule has 9 heteroatoms. The minimum atomic E-state index is -0.507. The van der Waals surface area contributed by atoms with E-state index < -0.39 is 6.04 Å². The second kappa shape index (κ2) is 11.8. The number of benzene rings is 2. The molecular weight excluding hydrogens is 526 g/mol. The van der Waals surface area contributed by atoms with Gasteiger partial charge in [-0.15, -0.1) is 5.10 Å². The minimum absolute atomic E-state index is 0.199. The van der Waals surface area contributed by atoms with Crippen molar-refractivity contribution in [1.29, 1.82) is 0 Å². The van der Waals surface area contributed by atoms with Crippen LogP contribution in [0.3, 0.4) is 0 Å². The van der Waals surface area contributed by atoms with Crippen LogP contribution in [0.15, 0.2) is 69.4 Å². The molecule has 7 nitrogen and oxygen atoms in total. The lowest BCUT2D eigenvalue weighted by Crippen LogP contribution is -2.31. The van der Waals surface area contributed by atoms with Crippen molar-refractivity contribution in [3.63, 3.8) is 0 Å². The summed E-state index contributed by atoms with van der Waals surface area (Å²) in [6, 6.07) is 14.9. The number of nitrogens with one attached hydrogen (secondary N) is 2. The van der Waals surface area contributed by atoms with Crippen molar-refractivity contribution in [3.05, 3.63) is 69.8 Å². The number of ether oxygens (including phenoxy) is 1. The Balaban J connectivity index is 1.80. The van der Waals surface area contributed by atoms with Gasteiger partial charge < -0.3 is 15.4 Å². The van der Waals surface area contributed by atoms with Crippen LogP contribution in [0.4, 0.5) is 11.6 Å². The lowest BCUT2D eigenvalue weighted by atomic mass is 9.94. The first kappa shape index (κ1) is 25.3. The van der Waals surface area contributed by atoms with Gasteiger partial charge in [-0.2, -0.15) is 4.98 Å². The number of halogens is 1. The minimum Gasteiger partial charge on any atom is -0.493 e. The van der Waals surface area contributed by atoms with Crippen LogP contribution >= 0.6 is 27.7 Å². The summed E-state index contributed by atoms with van der Waals surface area (Å²) < 4.78 is 8.90. The highest BCUT2D eigenvalue weighted by Gasteiger charge is 2.36. The molecule has 0 aliphatic carbocycles. The van der Waals surface area contributed by atoms with Crippen molar-refractivity contribution in [2.24, 2.45) is 0 Å². The first-order valence-corrected chi connectivity index (χ1v) is 13.7. The smallest absolute Gasteiger partial charge is 0.255 e. The molecule has 0 saturated heterocycles. The standard InChI is InChI=1S/C26H30BrN5O2S/c1-4-6-14-34-21-13-12-18(27)16-20(21)23-22(24(33)29-19-10-8-7-9-11-19)17(3)28-25-30-26(31-32(23)25)35-15-5-2/h7-13,16,23H,4-6,14-15H2,1-3H3,(H,29,33)(H,28,30,31). The maximum absolute atomic E-state index is 13.7. The molecule has 4 rings (SSSR count). The van der Waals surface area contributed by atoms with Crippen molar-refractivity contribution in [1.82, 2.24) is 14.8 Å². The number of unbranched alkanes of at least 4 members (excludes halogenated alkanes) is 1. The summed E-state index contributed by atoms with van der Waals surface area (Å²) in [5.74, 6) is 2.07. The zero-order valence-corrected chi connectivity index (χ0v) is 22.6. The highest BCUT2D eigenvalue weighted by atomic mass is 79.9. The molecule has 2 N–H and O–H groups in total. The normalized spacial score (nSPS) is 14.9. The second-order valence-corrected chi connectivity index (χ2v) is 10.3. The molecule has 0 saturated carbocycles. The van der Waals surface area contributed by atoms with Gasteiger partial charge in [0, 0.05) is 27.2 Å². The van der Waals surface area contributed by atoms with Crippen LogP contribution in [0.2, 0.25) is 0 Å². The maximum atomic E-state index is 13.7. The summed E-state index contributed by atoms with van der Waals surface area (Å²) in [5, 5.41) is 11.8. The van der Waals surface area contributed by atoms with Crippen LogP contribution < -0.4 is 15.4 Å². The van der Waals surface area contributed by atoms with Gasteiger partial charge in [0.15, 0.2) is 0 Å². The molecule has 1 aromatic heterocycles. The van der Waals surface area contributed by atoms with Crippen molar-refractivity contribution in [2.45, 2.75) is 51.2 Å². The second-order valence-electron chi connectivity index (χ2n) is 8.28. The molecule has 2 heterocycles. The molecule has 0 fully saturated rings. The molecule has 0 spiro atoms. The SMILES string of the molecule is CCCCOc1ccc(Br)cc1C1C(C(=O)Nc2ccccc2)=C(C)Nc2nc(SCCC)nn21. The number of rotatable bonds is 10. The van der Waals surface area contributed by atoms with Gasteiger partial charge >= 0.3 is 0 Å². The number of anilines is 2. The van der Waals surface area contributed by atoms with Gasteiger partial charge in [0.2, 0.25) is 11.1 Å². The van der Waals surface area contributed by atoms with Crippen LogP contribution in [-0.4, -0.2) is 33.0 Å². The third-order valence-electron chi connectivity index (χ3n) is 5.57. The zero-order chi connectivity index (χ0) is 24.8. The summed E-state index contributed by atoms with van der Waals surface area (Å²) in [6.07, 6.45) is 3.01. The largest absolute Gasteiger partial charge is 0.493 e. The van der Waals surface area contributed by atoms with Gasteiger partial charge in [0.1, 0.15) is 11.8 Å². The van der Waals surface area contributed by atoms with Gasteiger partial charge in [-0.3, -0.25) is 4.79 Å². The number of carbonyl (C=O) groups excluding carboxylic acids is 1. The fourth-order valence-corrected chi connectivity index (χ4v) is 4.94. The summed E-state index contributed by atoms with van der Waals surface area (Å²) in [6.45, 7) is 6.77. The number of carbonyl (C=O) groups is 1. The Labute approximate surface area is 218 Å². The van der Waals surface area contributed by atoms with Gasteiger partial charge in [-0.05, 0) is 50.1 Å². The monoisotopic (exact) mass is 555 g/mol. The molecule has 2 aromatic carbocycles. The lowest BCUT2D eigenvalue weighted by molar-refractivity contribution is -0.113. The van der Waals surface area contributed by atoms with Crippen molar-refractivity contribution >= 4 is 45.2 Å². The average Bonchev–Trinajstić information content (AvgIpc) is 3.25. The quantitative estimate of drug-likeness (QED) is 0.215. The van der Waals surface area contributed by atoms with Crippen LogP contribution in [0.25, 0.3) is 0 Å². The summed E-state index contributed by atoms with van der Waals surface area (Å²) in [7, 11) is 0. The molecule has 0 radical (unpaired) electrons. The highest BCUT2D eigenvalue weighted by Crippen LogP contribution is 2.41. The van der Waals surface area contributed by atoms with Gasteiger partial charge in [0.25, 0.3) is 5.91 Å². The van der Waals surface area contributed by atoms with E-state index in [2.05, 4.69) is 40.4 Å². The maximum Gasteiger partial charge on any atom is 0.255 e. The molecular formula is C26H30BrN5O2S. The Hall–Kier alpha value is -2.78. The molecule has 1 aliphatic rings. The van der Waals surface area contributed by atoms with E-state index in [1.165, 1.54) is 0 Å². The molecule has 3 aromatic rings. The number of nitrogens with zero attached hydrogens (tertiary/aromatic N) is 3. The Morgan fingerprint density at radius 2 is 2.00 bits per heavy atom. The molecule has 1 atom stereocenters. The van der Waals surface area contributed by atoms with Crippen molar-refractivity contribution in [3.8, 4) is 5.75 Å². The highest BCUT2D eigenvalue weighted by molar-refractivity contribution is 9.10. The van der Waals surface area contributed by atoms with E-state index in [4.69, 9.17) is 14.8 Å². The summed E-state index contributed by atoms with van der Waals surface area (Å²) >= 11 is 5.22. The predicted octanol–water partition coefficient (Wildman–Crippen LogP) is 6.65. The van der Waals surface area contributed by atoms with E-state index in [0.29, 0.717) is 23.3 Å². The first-order chi connectivity index (χ1) is 17.0. The first-order valence-electron chi connectivity index (χ1n) is 11.9. The number of aromatic nitrogens is 3. The topological polar surface area (TPSA) is 81.1 Å². The van der Waals surface area contributed by atoms with Crippen molar-refractivity contribution < 1.29 is 9.53 Å². The molecule has 35 heavy (non-hydrogen) atoms. The van der Waals surface area contributed by atoms with Crippen LogP contribution in [-0.2, 0) is 4.79 Å². The number of hydrogen-bond donors (Lipinski definition) is 2. The molecule has 0 bridgehead atoms. The van der Waals surface area contributed by atoms with E-state index in [1.807, 2.05) is 55.5 Å². The Kier molecular flexibility index (Phi) is 8.51. The number of amides is 1. The van der Waals surface area contributed by atoms with E-state index >= 15 is 0 Å². The van der Waals surface area contributed by atoms with Crippen LogP contribution in [0.5, 0.6) is 5.75 Å². The molecule has 1 amide bonds. The van der Waals surface area contributed by atoms with Gasteiger partial charge in [-0.1, -0.05) is 66.2 Å². The number of allylic oxidation sites excluding steroid dienone is 1. The summed E-state index contributed by atoms with van der Waals surface area (Å²) in [4.78, 5) is 18.4. The predicted molar refractivity (Wildman–Crippen MR) is 145 cm³/mol. The number of para-hydroxylation sites is 1. The third kappa shape index (κ3) is 5.90. The fourth-order valence-electron chi connectivity index (χ4n) is 3.88. The Bertz CT molecular complexity index is 1210. The fraction of sp³-hybridized carbons (Fsp3) is 0.346. The van der Waals surface area contributed by atoms with Crippen LogP contribution in [0.1, 0.15) is 51.6 Å². The number of fused-ring (bicyclic) bond motifs is 1. The van der Waals surface area contributed by atoms with Crippen molar-refractivity contribution in [2.75, 3.05) is 23.0 Å².